The second-order valence-electron chi connectivity index (χ2n) is 5.14. The number of nitrogens with zero attached hydrogens (tertiary/aromatic N) is 1. The van der Waals surface area contributed by atoms with E-state index in [1.54, 1.807) is 6.07 Å². The molecule has 0 atom stereocenters. The molecule has 0 radical (unpaired) electrons. The summed E-state index contributed by atoms with van der Waals surface area (Å²) >= 11 is 0. The number of ether oxygens (including phenoxy) is 1. The predicted molar refractivity (Wildman–Crippen MR) is 87.6 cm³/mol. The van der Waals surface area contributed by atoms with Gasteiger partial charge in [-0.3, -0.25) is 0 Å². The Bertz CT molecular complexity index is 797. The van der Waals surface area contributed by atoms with Gasteiger partial charge in [0, 0.05) is 11.6 Å². The molecule has 0 bridgehead atoms. The van der Waals surface area contributed by atoms with E-state index in [0.717, 1.165) is 16.9 Å². The third-order valence-corrected chi connectivity index (χ3v) is 3.37. The number of aromatic nitrogens is 1. The van der Waals surface area contributed by atoms with Gasteiger partial charge < -0.3 is 19.7 Å². The average Bonchev–Trinajstić information content (AvgIpc) is 3.08. The molecular weight excluding hydrogens is 308 g/mol. The number of hydrogen-bond acceptors (Lipinski definition) is 4. The highest BCUT2D eigenvalue weighted by atomic mass is 16.5. The Labute approximate surface area is 138 Å². The minimum absolute atomic E-state index is 0.0839. The van der Waals surface area contributed by atoms with Gasteiger partial charge in [-0.2, -0.15) is 0 Å². The number of rotatable bonds is 6. The highest BCUT2D eigenvalue weighted by Crippen LogP contribution is 2.22. The normalized spacial score (nSPS) is 10.3. The summed E-state index contributed by atoms with van der Waals surface area (Å²) in [6, 6.07) is 19.1. The maximum atomic E-state index is 10.5. The van der Waals surface area contributed by atoms with E-state index in [2.05, 4.69) is 10.5 Å². The van der Waals surface area contributed by atoms with E-state index in [1.165, 1.54) is 0 Å². The Morgan fingerprint density at radius 1 is 1.12 bits per heavy atom. The maximum Gasteiger partial charge on any atom is 0.405 e. The van der Waals surface area contributed by atoms with Crippen LogP contribution in [0.25, 0.3) is 11.3 Å². The molecule has 2 aromatic carbocycles. The van der Waals surface area contributed by atoms with Crippen LogP contribution in [0.15, 0.2) is 65.2 Å². The van der Waals surface area contributed by atoms with E-state index in [1.807, 2.05) is 54.6 Å². The van der Waals surface area contributed by atoms with Crippen LogP contribution in [-0.2, 0) is 13.2 Å². The molecule has 2 N–H and O–H groups in total. The van der Waals surface area contributed by atoms with Crippen molar-refractivity contribution >= 4 is 6.09 Å². The second-order valence-corrected chi connectivity index (χ2v) is 5.14. The summed E-state index contributed by atoms with van der Waals surface area (Å²) in [6.07, 6.45) is -1.10. The molecule has 6 nitrogen and oxygen atoms in total. The number of carbonyl (C=O) groups is 1. The van der Waals surface area contributed by atoms with Crippen molar-refractivity contribution < 1.29 is 19.2 Å². The van der Waals surface area contributed by atoms with Crippen LogP contribution in [0.2, 0.25) is 0 Å². The van der Waals surface area contributed by atoms with E-state index in [-0.39, 0.29) is 6.54 Å². The topological polar surface area (TPSA) is 84.6 Å². The van der Waals surface area contributed by atoms with Crippen molar-refractivity contribution in [3.05, 3.63) is 72.0 Å². The molecule has 0 saturated carbocycles. The van der Waals surface area contributed by atoms with Gasteiger partial charge in [-0.1, -0.05) is 35.5 Å². The summed E-state index contributed by atoms with van der Waals surface area (Å²) in [5, 5.41) is 14.7. The van der Waals surface area contributed by atoms with Crippen molar-refractivity contribution in [2.24, 2.45) is 0 Å². The number of benzene rings is 2. The number of amides is 1. The summed E-state index contributed by atoms with van der Waals surface area (Å²) in [5.41, 5.74) is 2.62. The Morgan fingerprint density at radius 3 is 2.58 bits per heavy atom. The molecule has 0 aliphatic rings. The van der Waals surface area contributed by atoms with Crippen LogP contribution >= 0.6 is 0 Å². The zero-order valence-electron chi connectivity index (χ0n) is 12.8. The van der Waals surface area contributed by atoms with Gasteiger partial charge in [-0.25, -0.2) is 4.79 Å². The van der Waals surface area contributed by atoms with Gasteiger partial charge >= 0.3 is 6.09 Å². The van der Waals surface area contributed by atoms with Crippen LogP contribution in [-0.4, -0.2) is 16.4 Å². The number of carboxylic acid groups (broad SMARTS) is 1. The lowest BCUT2D eigenvalue weighted by atomic mass is 10.1. The maximum absolute atomic E-state index is 10.5. The van der Waals surface area contributed by atoms with Gasteiger partial charge in [0.15, 0.2) is 5.76 Å². The second kappa shape index (κ2) is 7.32. The molecule has 122 valence electrons. The molecule has 0 fully saturated rings. The minimum atomic E-state index is -1.10. The van der Waals surface area contributed by atoms with E-state index in [9.17, 15) is 4.79 Å². The zero-order valence-corrected chi connectivity index (χ0v) is 12.8. The molecule has 24 heavy (non-hydrogen) atoms. The lowest BCUT2D eigenvalue weighted by Crippen LogP contribution is -2.19. The smallest absolute Gasteiger partial charge is 0.405 e. The van der Waals surface area contributed by atoms with Crippen molar-refractivity contribution in [1.82, 2.24) is 10.5 Å². The van der Waals surface area contributed by atoms with Gasteiger partial charge in [0.25, 0.3) is 0 Å². The number of hydrogen-bond donors (Lipinski definition) is 2. The first-order valence-corrected chi connectivity index (χ1v) is 7.40. The Balaban J connectivity index is 1.61. The van der Waals surface area contributed by atoms with Gasteiger partial charge in [-0.15, -0.1) is 0 Å². The summed E-state index contributed by atoms with van der Waals surface area (Å²) in [6.45, 7) is 0.593. The monoisotopic (exact) mass is 324 g/mol. The molecule has 1 heterocycles. The van der Waals surface area contributed by atoms with Gasteiger partial charge in [0.1, 0.15) is 18.1 Å². The average molecular weight is 324 g/mol. The quantitative estimate of drug-likeness (QED) is 0.722. The molecule has 1 aromatic heterocycles. The zero-order chi connectivity index (χ0) is 16.8. The van der Waals surface area contributed by atoms with Crippen LogP contribution in [0.4, 0.5) is 4.79 Å². The van der Waals surface area contributed by atoms with E-state index in [0.29, 0.717) is 18.1 Å². The largest absolute Gasteiger partial charge is 0.489 e. The minimum Gasteiger partial charge on any atom is -0.489 e. The first-order chi connectivity index (χ1) is 11.7. The SMILES string of the molecule is O=C(O)NCc1cc(-c2ccc(OCc3ccccc3)cc2)no1. The van der Waals surface area contributed by atoms with Crippen molar-refractivity contribution in [3.8, 4) is 17.0 Å². The molecule has 3 aromatic rings. The fraction of sp³-hybridized carbons (Fsp3) is 0.111. The highest BCUT2D eigenvalue weighted by molar-refractivity contribution is 5.64. The van der Waals surface area contributed by atoms with Crippen LogP contribution < -0.4 is 10.1 Å². The standard InChI is InChI=1S/C18H16N2O4/c21-18(22)19-11-16-10-17(20-24-16)14-6-8-15(9-7-14)23-12-13-4-2-1-3-5-13/h1-10,19H,11-12H2,(H,21,22). The fourth-order valence-corrected chi connectivity index (χ4v) is 2.16. The Kier molecular flexibility index (Phi) is 4.76. The lowest BCUT2D eigenvalue weighted by Gasteiger charge is -2.06. The van der Waals surface area contributed by atoms with Gasteiger partial charge in [0.05, 0.1) is 6.54 Å². The molecule has 1 amide bonds. The first-order valence-electron chi connectivity index (χ1n) is 7.40. The molecule has 0 aliphatic carbocycles. The summed E-state index contributed by atoms with van der Waals surface area (Å²) in [4.78, 5) is 10.5. The molecular formula is C18H16N2O4. The van der Waals surface area contributed by atoms with E-state index in [4.69, 9.17) is 14.4 Å². The molecule has 0 unspecified atom stereocenters. The van der Waals surface area contributed by atoms with Crippen LogP contribution in [0.1, 0.15) is 11.3 Å². The molecule has 6 heteroatoms. The highest BCUT2D eigenvalue weighted by Gasteiger charge is 2.08. The van der Waals surface area contributed by atoms with Crippen molar-refractivity contribution in [2.75, 3.05) is 0 Å². The van der Waals surface area contributed by atoms with Crippen LogP contribution in [0.5, 0.6) is 5.75 Å². The molecule has 0 saturated heterocycles. The Hall–Kier alpha value is -3.28. The summed E-state index contributed by atoms with van der Waals surface area (Å²) in [5.74, 6) is 1.22. The van der Waals surface area contributed by atoms with Crippen LogP contribution in [0, 0.1) is 0 Å². The first kappa shape index (κ1) is 15.6. The van der Waals surface area contributed by atoms with E-state index < -0.39 is 6.09 Å². The van der Waals surface area contributed by atoms with Crippen LogP contribution in [0.3, 0.4) is 0 Å². The lowest BCUT2D eigenvalue weighted by molar-refractivity contribution is 0.192. The predicted octanol–water partition coefficient (Wildman–Crippen LogP) is 3.69. The van der Waals surface area contributed by atoms with Gasteiger partial charge in [-0.05, 0) is 29.8 Å². The van der Waals surface area contributed by atoms with Crippen molar-refractivity contribution in [2.45, 2.75) is 13.2 Å². The summed E-state index contributed by atoms with van der Waals surface area (Å²) in [7, 11) is 0. The Morgan fingerprint density at radius 2 is 1.88 bits per heavy atom. The molecule has 0 spiro atoms. The third kappa shape index (κ3) is 4.13. The molecule has 0 aliphatic heterocycles. The van der Waals surface area contributed by atoms with Gasteiger partial charge in [0.2, 0.25) is 0 Å². The van der Waals surface area contributed by atoms with E-state index >= 15 is 0 Å². The fourth-order valence-electron chi connectivity index (χ4n) is 2.16. The number of nitrogens with one attached hydrogen (secondary N) is 1. The van der Waals surface area contributed by atoms with Crippen molar-refractivity contribution in [3.63, 3.8) is 0 Å². The van der Waals surface area contributed by atoms with Crippen molar-refractivity contribution in [1.29, 1.82) is 0 Å². The summed E-state index contributed by atoms with van der Waals surface area (Å²) < 4.78 is 10.8. The third-order valence-electron chi connectivity index (χ3n) is 3.37. The molecule has 3 rings (SSSR count).